The number of anilines is 1. The summed E-state index contributed by atoms with van der Waals surface area (Å²) in [6.45, 7) is -0.937. The lowest BCUT2D eigenvalue weighted by Gasteiger charge is -2.33. The first-order chi connectivity index (χ1) is 14.0. The predicted molar refractivity (Wildman–Crippen MR) is 107 cm³/mol. The van der Waals surface area contributed by atoms with E-state index in [1.165, 1.54) is 0 Å². The molecule has 0 aromatic heterocycles. The van der Waals surface area contributed by atoms with E-state index in [9.17, 15) is 32.9 Å². The van der Waals surface area contributed by atoms with Crippen LogP contribution in [0.3, 0.4) is 0 Å². The number of rotatable bonds is 6. The summed E-state index contributed by atoms with van der Waals surface area (Å²) in [6, 6.07) is 1.93. The monoisotopic (exact) mass is 529 g/mol. The molecule has 0 saturated carbocycles. The van der Waals surface area contributed by atoms with Crippen molar-refractivity contribution in [2.75, 3.05) is 17.9 Å². The van der Waals surface area contributed by atoms with E-state index in [0.717, 1.165) is 18.2 Å². The average Bonchev–Trinajstić information content (AvgIpc) is 3.01. The van der Waals surface area contributed by atoms with Crippen LogP contribution < -0.4 is 4.72 Å². The quantitative estimate of drug-likeness (QED) is 0.435. The predicted octanol–water partition coefficient (Wildman–Crippen LogP) is 1.62. The summed E-state index contributed by atoms with van der Waals surface area (Å²) in [7, 11) is -4.32. The standard InChI is InChI=1S/C17H18BrClFNO8S/c18-10-3-8(20)4-11(19)15(10)21-30(26,27)14-1-2-17(5-9(14)16(24)25)28-12(6-22)13(7-23)29-17/h3-5,12-14,21-23H,1-2,6-7H2,(H,24,25)/t12-,13-,14?/m1/s1. The minimum atomic E-state index is -4.32. The van der Waals surface area contributed by atoms with E-state index in [-0.39, 0.29) is 28.0 Å². The van der Waals surface area contributed by atoms with Gasteiger partial charge in [-0.1, -0.05) is 11.6 Å². The number of halogens is 3. The first-order valence-electron chi connectivity index (χ1n) is 8.71. The van der Waals surface area contributed by atoms with Crippen molar-refractivity contribution in [2.45, 2.75) is 36.1 Å². The van der Waals surface area contributed by atoms with Crippen molar-refractivity contribution in [1.82, 2.24) is 0 Å². The highest BCUT2D eigenvalue weighted by Crippen LogP contribution is 2.42. The third-order valence-corrected chi connectivity index (χ3v) is 7.48. The molecule has 4 N–H and O–H groups in total. The number of nitrogens with one attached hydrogen (secondary N) is 1. The molecule has 9 nitrogen and oxygen atoms in total. The van der Waals surface area contributed by atoms with Crippen LogP contribution >= 0.6 is 27.5 Å². The minimum absolute atomic E-state index is 0.0410. The number of hydrogen-bond donors (Lipinski definition) is 4. The van der Waals surface area contributed by atoms with E-state index in [2.05, 4.69) is 20.7 Å². The number of aliphatic hydroxyl groups excluding tert-OH is 2. The van der Waals surface area contributed by atoms with Crippen LogP contribution in [0.1, 0.15) is 12.8 Å². The molecule has 1 aliphatic heterocycles. The van der Waals surface area contributed by atoms with Gasteiger partial charge in [0.15, 0.2) is 5.79 Å². The molecule has 13 heteroatoms. The van der Waals surface area contributed by atoms with Gasteiger partial charge in [-0.25, -0.2) is 17.6 Å². The smallest absolute Gasteiger partial charge is 0.332 e. The molecule has 30 heavy (non-hydrogen) atoms. The molecule has 1 heterocycles. The van der Waals surface area contributed by atoms with E-state index in [1.54, 1.807) is 0 Å². The number of aliphatic hydroxyl groups is 2. The number of carboxylic acids is 1. The molecule has 1 unspecified atom stereocenters. The van der Waals surface area contributed by atoms with E-state index >= 15 is 0 Å². The van der Waals surface area contributed by atoms with Gasteiger partial charge in [0.05, 0.1) is 29.5 Å². The Bertz CT molecular complexity index is 953. The van der Waals surface area contributed by atoms with Crippen LogP contribution in [-0.2, 0) is 24.3 Å². The maximum Gasteiger partial charge on any atom is 0.332 e. The third kappa shape index (κ3) is 4.49. The fourth-order valence-electron chi connectivity index (χ4n) is 3.45. The molecule has 1 fully saturated rings. The second-order valence-corrected chi connectivity index (χ2v) is 9.94. The Labute approximate surface area is 184 Å². The summed E-state index contributed by atoms with van der Waals surface area (Å²) in [5.41, 5.74) is -0.629. The lowest BCUT2D eigenvalue weighted by molar-refractivity contribution is -0.153. The van der Waals surface area contributed by atoms with Crippen LogP contribution in [0.5, 0.6) is 0 Å². The molecule has 166 valence electrons. The van der Waals surface area contributed by atoms with Crippen molar-refractivity contribution < 1.29 is 42.4 Å². The Kier molecular flexibility index (Phi) is 6.77. The van der Waals surface area contributed by atoms with Crippen molar-refractivity contribution in [3.63, 3.8) is 0 Å². The molecule has 1 aromatic carbocycles. The van der Waals surface area contributed by atoms with Gasteiger partial charge < -0.3 is 24.8 Å². The van der Waals surface area contributed by atoms with Crippen LogP contribution in [0.4, 0.5) is 10.1 Å². The number of carbonyl (C=O) groups is 1. The average molecular weight is 531 g/mol. The van der Waals surface area contributed by atoms with Gasteiger partial charge in [0.2, 0.25) is 10.0 Å². The highest BCUT2D eigenvalue weighted by Gasteiger charge is 2.51. The zero-order valence-corrected chi connectivity index (χ0v) is 18.4. The zero-order valence-electron chi connectivity index (χ0n) is 15.2. The van der Waals surface area contributed by atoms with Gasteiger partial charge >= 0.3 is 5.97 Å². The summed E-state index contributed by atoms with van der Waals surface area (Å²) in [4.78, 5) is 11.8. The topological polar surface area (TPSA) is 142 Å². The van der Waals surface area contributed by atoms with Crippen LogP contribution in [0.15, 0.2) is 28.3 Å². The number of benzene rings is 1. The summed E-state index contributed by atoms with van der Waals surface area (Å²) >= 11 is 8.95. The molecule has 3 rings (SSSR count). The van der Waals surface area contributed by atoms with Gasteiger partial charge in [-0.05, 0) is 40.6 Å². The number of carboxylic acid groups (broad SMARTS) is 1. The lowest BCUT2D eigenvalue weighted by atomic mass is 9.94. The zero-order chi connectivity index (χ0) is 22.3. The van der Waals surface area contributed by atoms with Gasteiger partial charge in [-0.2, -0.15) is 0 Å². The first-order valence-corrected chi connectivity index (χ1v) is 11.4. The lowest BCUT2D eigenvalue weighted by Crippen LogP contribution is -2.42. The minimum Gasteiger partial charge on any atom is -0.478 e. The highest BCUT2D eigenvalue weighted by atomic mass is 79.9. The molecule has 2 aliphatic rings. The molecule has 1 spiro atoms. The van der Waals surface area contributed by atoms with Crippen LogP contribution in [0.25, 0.3) is 0 Å². The van der Waals surface area contributed by atoms with Crippen LogP contribution in [-0.4, -0.2) is 66.2 Å². The Hall–Kier alpha value is -1.28. The third-order valence-electron chi connectivity index (χ3n) is 4.83. The van der Waals surface area contributed by atoms with Crippen molar-refractivity contribution in [3.05, 3.63) is 39.1 Å². The maximum atomic E-state index is 13.4. The second-order valence-electron chi connectivity index (χ2n) is 6.81. The van der Waals surface area contributed by atoms with Crippen molar-refractivity contribution >= 4 is 49.2 Å². The molecular formula is C17H18BrClFNO8S. The van der Waals surface area contributed by atoms with E-state index in [4.69, 9.17) is 21.1 Å². The van der Waals surface area contributed by atoms with E-state index in [0.29, 0.717) is 0 Å². The Morgan fingerprint density at radius 2 is 1.90 bits per heavy atom. The molecule has 1 aromatic rings. The van der Waals surface area contributed by atoms with Gasteiger partial charge in [-0.15, -0.1) is 0 Å². The Balaban J connectivity index is 1.94. The normalized spacial score (nSPS) is 25.9. The number of aliphatic carboxylic acids is 1. The summed E-state index contributed by atoms with van der Waals surface area (Å²) in [5, 5.41) is 26.7. The molecule has 0 bridgehead atoms. The molecule has 0 amide bonds. The summed E-state index contributed by atoms with van der Waals surface area (Å²) in [6.07, 6.45) is -0.966. The highest BCUT2D eigenvalue weighted by molar-refractivity contribution is 9.10. The van der Waals surface area contributed by atoms with Gasteiger partial charge in [0, 0.05) is 10.9 Å². The van der Waals surface area contributed by atoms with Crippen LogP contribution in [0, 0.1) is 5.82 Å². The molecule has 1 saturated heterocycles. The molecule has 0 radical (unpaired) electrons. The van der Waals surface area contributed by atoms with Crippen molar-refractivity contribution in [1.29, 1.82) is 0 Å². The second kappa shape index (κ2) is 8.69. The molecule has 3 atom stereocenters. The van der Waals surface area contributed by atoms with E-state index in [1.807, 2.05) is 0 Å². The summed E-state index contributed by atoms with van der Waals surface area (Å²) < 4.78 is 52.8. The van der Waals surface area contributed by atoms with Gasteiger partial charge in [-0.3, -0.25) is 4.72 Å². The maximum absolute atomic E-state index is 13.4. The van der Waals surface area contributed by atoms with Crippen LogP contribution in [0.2, 0.25) is 5.02 Å². The number of hydrogen-bond acceptors (Lipinski definition) is 7. The van der Waals surface area contributed by atoms with Crippen molar-refractivity contribution in [3.8, 4) is 0 Å². The SMILES string of the molecule is O=C(O)C1=CC2(CCC1S(=O)(=O)Nc1c(Cl)cc(F)cc1Br)O[C@H](CO)[C@@H](CO)O2. The Morgan fingerprint density at radius 3 is 2.40 bits per heavy atom. The fourth-order valence-corrected chi connectivity index (χ4v) is 6.12. The number of ether oxygens (including phenoxy) is 2. The van der Waals surface area contributed by atoms with Gasteiger partial charge in [0.1, 0.15) is 23.3 Å². The fraction of sp³-hybridized carbons (Fsp3) is 0.471. The summed E-state index contributed by atoms with van der Waals surface area (Å²) in [5.74, 6) is -3.77. The molecular weight excluding hydrogens is 513 g/mol. The first kappa shape index (κ1) is 23.4. The van der Waals surface area contributed by atoms with Gasteiger partial charge in [0.25, 0.3) is 0 Å². The Morgan fingerprint density at radius 1 is 1.30 bits per heavy atom. The molecule has 1 aliphatic carbocycles. The van der Waals surface area contributed by atoms with E-state index < -0.39 is 63.8 Å². The number of sulfonamides is 1. The largest absolute Gasteiger partial charge is 0.478 e. The van der Waals surface area contributed by atoms with Crippen molar-refractivity contribution in [2.24, 2.45) is 0 Å².